The van der Waals surface area contributed by atoms with Crippen LogP contribution >= 0.6 is 0 Å². The lowest BCUT2D eigenvalue weighted by Gasteiger charge is -2.27. The first-order chi connectivity index (χ1) is 8.70. The Labute approximate surface area is 113 Å². The molecule has 0 aliphatic carbocycles. The molecule has 0 saturated carbocycles. The van der Waals surface area contributed by atoms with Crippen molar-refractivity contribution in [2.75, 3.05) is 37.0 Å². The van der Waals surface area contributed by atoms with Crippen LogP contribution in [0, 0.1) is 0 Å². The van der Waals surface area contributed by atoms with Crippen LogP contribution in [-0.2, 0) is 0 Å². The minimum Gasteiger partial charge on any atom is -0.373 e. The summed E-state index contributed by atoms with van der Waals surface area (Å²) in [6.45, 7) is 6.75. The molecule has 0 heterocycles. The van der Waals surface area contributed by atoms with Gasteiger partial charge in [0.1, 0.15) is 0 Å². The Morgan fingerprint density at radius 2 is 1.17 bits per heavy atom. The maximum absolute atomic E-state index is 2.38. The van der Waals surface area contributed by atoms with E-state index in [4.69, 9.17) is 0 Å². The fourth-order valence-corrected chi connectivity index (χ4v) is 2.14. The minimum absolute atomic E-state index is 1.13. The quantitative estimate of drug-likeness (QED) is 0.681. The molecule has 0 amide bonds. The van der Waals surface area contributed by atoms with Crippen LogP contribution in [0.15, 0.2) is 24.3 Å². The van der Waals surface area contributed by atoms with Crippen LogP contribution in [-0.4, -0.2) is 27.2 Å². The van der Waals surface area contributed by atoms with E-state index in [9.17, 15) is 0 Å². The molecule has 2 nitrogen and oxygen atoms in total. The van der Waals surface area contributed by atoms with Crippen molar-refractivity contribution in [3.8, 4) is 0 Å². The van der Waals surface area contributed by atoms with Crippen LogP contribution in [0.25, 0.3) is 0 Å². The third-order valence-corrected chi connectivity index (χ3v) is 3.40. The second kappa shape index (κ2) is 8.02. The first kappa shape index (κ1) is 14.9. The van der Waals surface area contributed by atoms with E-state index in [1.165, 1.54) is 37.1 Å². The molecule has 0 radical (unpaired) electrons. The van der Waals surface area contributed by atoms with Crippen molar-refractivity contribution in [1.29, 1.82) is 0 Å². The summed E-state index contributed by atoms with van der Waals surface area (Å²) in [5, 5.41) is 0. The smallest absolute Gasteiger partial charge is 0.0601 e. The Balaban J connectivity index is 2.77. The first-order valence-corrected chi connectivity index (χ1v) is 7.22. The molecule has 0 bridgehead atoms. The predicted molar refractivity (Wildman–Crippen MR) is 82.8 cm³/mol. The van der Waals surface area contributed by atoms with Gasteiger partial charge < -0.3 is 9.80 Å². The molecule has 18 heavy (non-hydrogen) atoms. The average molecular weight is 248 g/mol. The van der Waals surface area contributed by atoms with Crippen LogP contribution in [0.4, 0.5) is 11.4 Å². The Morgan fingerprint density at radius 1 is 0.778 bits per heavy atom. The molecule has 0 fully saturated rings. The van der Waals surface area contributed by atoms with Gasteiger partial charge in [-0.1, -0.05) is 38.8 Å². The summed E-state index contributed by atoms with van der Waals surface area (Å²) in [5.74, 6) is 0. The van der Waals surface area contributed by atoms with Gasteiger partial charge in [0.25, 0.3) is 0 Å². The highest BCUT2D eigenvalue weighted by Crippen LogP contribution is 2.28. The van der Waals surface area contributed by atoms with Gasteiger partial charge in [-0.25, -0.2) is 0 Å². The second-order valence-corrected chi connectivity index (χ2v) is 5.04. The molecule has 0 N–H and O–H groups in total. The van der Waals surface area contributed by atoms with Gasteiger partial charge in [0.15, 0.2) is 0 Å². The molecule has 1 aromatic carbocycles. The summed E-state index contributed by atoms with van der Waals surface area (Å²) >= 11 is 0. The summed E-state index contributed by atoms with van der Waals surface area (Å²) in [4.78, 5) is 4.75. The Kier molecular flexibility index (Phi) is 6.63. The van der Waals surface area contributed by atoms with Gasteiger partial charge in [-0.3, -0.25) is 0 Å². The van der Waals surface area contributed by atoms with Crippen molar-refractivity contribution in [2.24, 2.45) is 0 Å². The fraction of sp³-hybridized carbons (Fsp3) is 0.625. The third kappa shape index (κ3) is 4.25. The number of rotatable bonds is 8. The molecule has 0 spiro atoms. The van der Waals surface area contributed by atoms with E-state index in [1.54, 1.807) is 0 Å². The topological polar surface area (TPSA) is 6.48 Å². The van der Waals surface area contributed by atoms with Crippen molar-refractivity contribution >= 4 is 11.4 Å². The van der Waals surface area contributed by atoms with Crippen LogP contribution in [0.1, 0.15) is 39.5 Å². The Bertz CT molecular complexity index is 303. The van der Waals surface area contributed by atoms with Crippen molar-refractivity contribution in [3.63, 3.8) is 0 Å². The Hall–Kier alpha value is -1.18. The first-order valence-electron chi connectivity index (χ1n) is 7.22. The van der Waals surface area contributed by atoms with Crippen molar-refractivity contribution in [3.05, 3.63) is 24.3 Å². The van der Waals surface area contributed by atoms with Crippen molar-refractivity contribution < 1.29 is 0 Å². The van der Waals surface area contributed by atoms with Gasteiger partial charge >= 0.3 is 0 Å². The summed E-state index contributed by atoms with van der Waals surface area (Å²) in [6.07, 6.45) is 5.00. The molecule has 0 saturated heterocycles. The summed E-state index contributed by atoms with van der Waals surface area (Å²) in [7, 11) is 4.39. The van der Waals surface area contributed by atoms with Crippen LogP contribution < -0.4 is 9.80 Å². The second-order valence-electron chi connectivity index (χ2n) is 5.04. The summed E-state index contributed by atoms with van der Waals surface area (Å²) in [5.41, 5.74) is 2.70. The number of nitrogens with zero attached hydrogens (tertiary/aromatic N) is 2. The van der Waals surface area contributed by atoms with E-state index in [2.05, 4.69) is 62.0 Å². The summed E-state index contributed by atoms with van der Waals surface area (Å²) in [6, 6.07) is 8.73. The minimum atomic E-state index is 1.13. The maximum atomic E-state index is 2.38. The molecule has 0 aromatic heterocycles. The highest BCUT2D eigenvalue weighted by atomic mass is 15.2. The predicted octanol–water partition coefficient (Wildman–Crippen LogP) is 4.16. The van der Waals surface area contributed by atoms with E-state index < -0.39 is 0 Å². The highest BCUT2D eigenvalue weighted by molar-refractivity contribution is 5.70. The largest absolute Gasteiger partial charge is 0.373 e. The van der Waals surface area contributed by atoms with E-state index in [-0.39, 0.29) is 0 Å². The number of hydrogen-bond donors (Lipinski definition) is 0. The number of anilines is 2. The molecule has 1 rings (SSSR count). The van der Waals surface area contributed by atoms with Gasteiger partial charge in [0.05, 0.1) is 11.4 Å². The van der Waals surface area contributed by atoms with Crippen LogP contribution in [0.3, 0.4) is 0 Å². The van der Waals surface area contributed by atoms with E-state index in [0.717, 1.165) is 13.1 Å². The lowest BCUT2D eigenvalue weighted by molar-refractivity contribution is 0.752. The highest BCUT2D eigenvalue weighted by Gasteiger charge is 2.09. The maximum Gasteiger partial charge on any atom is 0.0601 e. The molecule has 102 valence electrons. The molecule has 0 aliphatic heterocycles. The fourth-order valence-electron chi connectivity index (χ4n) is 2.14. The van der Waals surface area contributed by atoms with E-state index in [1.807, 2.05) is 0 Å². The van der Waals surface area contributed by atoms with Gasteiger partial charge in [-0.2, -0.15) is 0 Å². The van der Waals surface area contributed by atoms with Crippen molar-refractivity contribution in [2.45, 2.75) is 39.5 Å². The van der Waals surface area contributed by atoms with Crippen molar-refractivity contribution in [1.82, 2.24) is 0 Å². The lowest BCUT2D eigenvalue weighted by atomic mass is 10.2. The average Bonchev–Trinajstić information content (AvgIpc) is 2.42. The van der Waals surface area contributed by atoms with E-state index >= 15 is 0 Å². The molecular formula is C16H28N2. The lowest BCUT2D eigenvalue weighted by Crippen LogP contribution is -2.24. The molecule has 2 heteroatoms. The third-order valence-electron chi connectivity index (χ3n) is 3.40. The number of unbranched alkanes of at least 4 members (excludes halogenated alkanes) is 2. The molecule has 0 unspecified atom stereocenters. The van der Waals surface area contributed by atoms with Gasteiger partial charge in [0.2, 0.25) is 0 Å². The Morgan fingerprint density at radius 3 is 1.50 bits per heavy atom. The molecular weight excluding hydrogens is 220 g/mol. The number of benzene rings is 1. The van der Waals surface area contributed by atoms with Crippen LogP contribution in [0.2, 0.25) is 0 Å². The monoisotopic (exact) mass is 248 g/mol. The van der Waals surface area contributed by atoms with E-state index in [0.29, 0.717) is 0 Å². The van der Waals surface area contributed by atoms with Gasteiger partial charge in [0, 0.05) is 27.2 Å². The molecule has 1 aromatic rings. The number of para-hydroxylation sites is 2. The molecule has 0 atom stereocenters. The van der Waals surface area contributed by atoms with Gasteiger partial charge in [-0.05, 0) is 25.0 Å². The van der Waals surface area contributed by atoms with Gasteiger partial charge in [-0.15, -0.1) is 0 Å². The zero-order chi connectivity index (χ0) is 13.4. The van der Waals surface area contributed by atoms with Crippen LogP contribution in [0.5, 0.6) is 0 Å². The molecule has 0 aliphatic rings. The standard InChI is InChI=1S/C16H28N2/c1-5-7-13-17(3)15-11-9-10-12-16(15)18(4)14-8-6-2/h9-12H,5-8,13-14H2,1-4H3. The summed E-state index contributed by atoms with van der Waals surface area (Å²) < 4.78 is 0. The zero-order valence-corrected chi connectivity index (χ0v) is 12.4. The number of hydrogen-bond acceptors (Lipinski definition) is 2. The zero-order valence-electron chi connectivity index (χ0n) is 12.4. The SMILES string of the molecule is CCCCN(C)c1ccccc1N(C)CCCC. The normalized spacial score (nSPS) is 10.4.